The van der Waals surface area contributed by atoms with Gasteiger partial charge in [0.1, 0.15) is 0 Å². The lowest BCUT2D eigenvalue weighted by atomic mass is 9.71. The maximum atomic E-state index is 2.46. The van der Waals surface area contributed by atoms with Crippen molar-refractivity contribution in [1.29, 1.82) is 0 Å². The second kappa shape index (κ2) is 8.19. The summed E-state index contributed by atoms with van der Waals surface area (Å²) in [6, 6.07) is 0. The average molecular weight is 212 g/mol. The fraction of sp³-hybridized carbons (Fsp3) is 1.00. The van der Waals surface area contributed by atoms with Crippen LogP contribution in [0.1, 0.15) is 73.6 Å². The van der Waals surface area contributed by atoms with Crippen LogP contribution in [0.25, 0.3) is 0 Å². The van der Waals surface area contributed by atoms with E-state index >= 15 is 0 Å². The molecule has 0 N–H and O–H groups in total. The van der Waals surface area contributed by atoms with Gasteiger partial charge in [0.2, 0.25) is 0 Å². The largest absolute Gasteiger partial charge is 0.0654 e. The van der Waals surface area contributed by atoms with Crippen LogP contribution in [0.15, 0.2) is 0 Å². The van der Waals surface area contributed by atoms with Crippen LogP contribution in [-0.4, -0.2) is 0 Å². The Morgan fingerprint density at radius 1 is 0.667 bits per heavy atom. The Balaban J connectivity index is 4.41. The fourth-order valence-electron chi connectivity index (χ4n) is 3.25. The Bertz CT molecular complexity index is 127. The van der Waals surface area contributed by atoms with E-state index in [1.54, 1.807) is 0 Å². The molecular formula is C15H32. The van der Waals surface area contributed by atoms with Gasteiger partial charge in [0.05, 0.1) is 0 Å². The van der Waals surface area contributed by atoms with E-state index in [4.69, 9.17) is 0 Å². The minimum absolute atomic E-state index is 0.896. The highest BCUT2D eigenvalue weighted by molar-refractivity contribution is 4.76. The third kappa shape index (κ3) is 5.04. The van der Waals surface area contributed by atoms with Crippen LogP contribution in [0, 0.1) is 23.7 Å². The number of hydrogen-bond acceptors (Lipinski definition) is 0. The molecule has 0 rings (SSSR count). The predicted molar refractivity (Wildman–Crippen MR) is 71.1 cm³/mol. The zero-order chi connectivity index (χ0) is 11.8. The number of rotatable bonds is 8. The van der Waals surface area contributed by atoms with Crippen molar-refractivity contribution in [3.05, 3.63) is 0 Å². The van der Waals surface area contributed by atoms with Gasteiger partial charge in [-0.05, 0) is 23.7 Å². The lowest BCUT2D eigenvalue weighted by Crippen LogP contribution is -2.26. The SMILES string of the molecule is CCCC(C)C(C(C)CC)C(C)CCC. The Hall–Kier alpha value is 0. The normalized spacial score (nSPS) is 19.6. The topological polar surface area (TPSA) is 0 Å². The van der Waals surface area contributed by atoms with Crippen molar-refractivity contribution >= 4 is 0 Å². The van der Waals surface area contributed by atoms with Crippen molar-refractivity contribution in [2.45, 2.75) is 73.6 Å². The molecule has 0 spiro atoms. The van der Waals surface area contributed by atoms with E-state index in [2.05, 4.69) is 41.5 Å². The molecule has 0 saturated heterocycles. The summed E-state index contributed by atoms with van der Waals surface area (Å²) < 4.78 is 0. The maximum absolute atomic E-state index is 2.46. The van der Waals surface area contributed by atoms with Crippen LogP contribution in [-0.2, 0) is 0 Å². The van der Waals surface area contributed by atoms with E-state index in [9.17, 15) is 0 Å². The summed E-state index contributed by atoms with van der Waals surface area (Å²) in [6.45, 7) is 14.3. The highest BCUT2D eigenvalue weighted by atomic mass is 14.3. The van der Waals surface area contributed by atoms with Crippen molar-refractivity contribution in [1.82, 2.24) is 0 Å². The second-order valence-electron chi connectivity index (χ2n) is 5.49. The molecule has 0 aromatic heterocycles. The molecule has 3 atom stereocenters. The van der Waals surface area contributed by atoms with Gasteiger partial charge in [0.25, 0.3) is 0 Å². The van der Waals surface area contributed by atoms with E-state index in [-0.39, 0.29) is 0 Å². The summed E-state index contributed by atoms with van der Waals surface area (Å²) in [5.41, 5.74) is 0. The van der Waals surface area contributed by atoms with Gasteiger partial charge < -0.3 is 0 Å². The zero-order valence-electron chi connectivity index (χ0n) is 11.8. The predicted octanol–water partition coefficient (Wildman–Crippen LogP) is 5.52. The minimum atomic E-state index is 0.896. The van der Waals surface area contributed by atoms with Crippen molar-refractivity contribution in [2.24, 2.45) is 23.7 Å². The molecule has 3 unspecified atom stereocenters. The third-order valence-electron chi connectivity index (χ3n) is 4.10. The third-order valence-corrected chi connectivity index (χ3v) is 4.10. The van der Waals surface area contributed by atoms with Crippen LogP contribution in [0.4, 0.5) is 0 Å². The van der Waals surface area contributed by atoms with Crippen molar-refractivity contribution < 1.29 is 0 Å². The summed E-state index contributed by atoms with van der Waals surface area (Å²) >= 11 is 0. The molecule has 0 aromatic rings. The minimum Gasteiger partial charge on any atom is -0.0654 e. The molecule has 0 heterocycles. The molecule has 0 amide bonds. The summed E-state index contributed by atoms with van der Waals surface area (Å²) in [5, 5.41) is 0. The fourth-order valence-corrected chi connectivity index (χ4v) is 3.25. The molecule has 0 radical (unpaired) electrons. The van der Waals surface area contributed by atoms with Crippen LogP contribution >= 0.6 is 0 Å². The standard InChI is InChI=1S/C15H32/c1-7-10-13(5)15(12(4)9-3)14(6)11-8-2/h12-15H,7-11H2,1-6H3. The Labute approximate surface area is 97.8 Å². The molecule has 0 nitrogen and oxygen atoms in total. The van der Waals surface area contributed by atoms with Gasteiger partial charge in [0, 0.05) is 0 Å². The van der Waals surface area contributed by atoms with Gasteiger partial charge in [-0.1, -0.05) is 73.6 Å². The van der Waals surface area contributed by atoms with Crippen LogP contribution < -0.4 is 0 Å². The highest BCUT2D eigenvalue weighted by Crippen LogP contribution is 2.35. The lowest BCUT2D eigenvalue weighted by Gasteiger charge is -2.34. The first-order chi connectivity index (χ1) is 7.08. The molecule has 0 aliphatic rings. The van der Waals surface area contributed by atoms with Gasteiger partial charge in [-0.3, -0.25) is 0 Å². The molecule has 0 aliphatic heterocycles. The Kier molecular flexibility index (Phi) is 8.19. The van der Waals surface area contributed by atoms with Crippen LogP contribution in [0.5, 0.6) is 0 Å². The van der Waals surface area contributed by atoms with E-state index < -0.39 is 0 Å². The lowest BCUT2D eigenvalue weighted by molar-refractivity contribution is 0.155. The van der Waals surface area contributed by atoms with Crippen molar-refractivity contribution in [3.63, 3.8) is 0 Å². The quantitative estimate of drug-likeness (QED) is 0.497. The summed E-state index contributed by atoms with van der Waals surface area (Å²) in [6.07, 6.45) is 6.83. The molecule has 15 heavy (non-hydrogen) atoms. The first-order valence-corrected chi connectivity index (χ1v) is 7.08. The zero-order valence-corrected chi connectivity index (χ0v) is 11.8. The van der Waals surface area contributed by atoms with Gasteiger partial charge in [-0.2, -0.15) is 0 Å². The summed E-state index contributed by atoms with van der Waals surface area (Å²) in [4.78, 5) is 0. The molecule has 0 bridgehead atoms. The van der Waals surface area contributed by atoms with E-state index in [0.717, 1.165) is 23.7 Å². The molecule has 0 aromatic carbocycles. The Morgan fingerprint density at radius 3 is 1.33 bits per heavy atom. The number of hydrogen-bond donors (Lipinski definition) is 0. The average Bonchev–Trinajstić information content (AvgIpc) is 2.18. The first kappa shape index (κ1) is 15.0. The maximum Gasteiger partial charge on any atom is -0.0337 e. The van der Waals surface area contributed by atoms with E-state index in [1.165, 1.54) is 32.1 Å². The van der Waals surface area contributed by atoms with Crippen LogP contribution in [0.3, 0.4) is 0 Å². The van der Waals surface area contributed by atoms with Gasteiger partial charge >= 0.3 is 0 Å². The van der Waals surface area contributed by atoms with Crippen molar-refractivity contribution in [3.8, 4) is 0 Å². The first-order valence-electron chi connectivity index (χ1n) is 7.08. The molecule has 0 saturated carbocycles. The molecule has 92 valence electrons. The molecule has 0 aliphatic carbocycles. The molecule has 0 fully saturated rings. The van der Waals surface area contributed by atoms with Gasteiger partial charge in [-0.15, -0.1) is 0 Å². The second-order valence-corrected chi connectivity index (χ2v) is 5.49. The molecule has 0 heteroatoms. The van der Waals surface area contributed by atoms with E-state index in [0.29, 0.717) is 0 Å². The molecular weight excluding hydrogens is 180 g/mol. The van der Waals surface area contributed by atoms with Gasteiger partial charge in [-0.25, -0.2) is 0 Å². The monoisotopic (exact) mass is 212 g/mol. The van der Waals surface area contributed by atoms with Gasteiger partial charge in [0.15, 0.2) is 0 Å². The Morgan fingerprint density at radius 2 is 1.07 bits per heavy atom. The summed E-state index contributed by atoms with van der Waals surface area (Å²) in [7, 11) is 0. The smallest absolute Gasteiger partial charge is 0.0337 e. The van der Waals surface area contributed by atoms with E-state index in [1.807, 2.05) is 0 Å². The summed E-state index contributed by atoms with van der Waals surface area (Å²) in [5.74, 6) is 3.65. The van der Waals surface area contributed by atoms with Crippen LogP contribution in [0.2, 0.25) is 0 Å². The highest BCUT2D eigenvalue weighted by Gasteiger charge is 2.26. The van der Waals surface area contributed by atoms with Crippen molar-refractivity contribution in [2.75, 3.05) is 0 Å².